The summed E-state index contributed by atoms with van der Waals surface area (Å²) in [6.45, 7) is 0. The summed E-state index contributed by atoms with van der Waals surface area (Å²) in [5, 5.41) is 6.13. The lowest BCUT2D eigenvalue weighted by Crippen LogP contribution is -2.15. The number of rotatable bonds is 4. The number of hydrogen-bond acceptors (Lipinski definition) is 4. The maximum atomic E-state index is 13.7. The average molecular weight is 377 g/mol. The zero-order valence-electron chi connectivity index (χ0n) is 12.6. The van der Waals surface area contributed by atoms with E-state index in [1.54, 1.807) is 30.3 Å². The SMILES string of the molecule is O=C(Nc1ccc(Cl)cc1Cl)c1ccnc(Nc2ccccc2F)n1. The Hall–Kier alpha value is -2.70. The molecule has 0 fully saturated rings. The average Bonchev–Trinajstić information content (AvgIpc) is 2.60. The molecule has 2 N–H and O–H groups in total. The van der Waals surface area contributed by atoms with Gasteiger partial charge in [-0.05, 0) is 36.4 Å². The standard InChI is InChI=1S/C17H11Cl2FN4O/c18-10-5-6-13(11(19)9-10)22-16(25)15-7-8-21-17(24-15)23-14-4-2-1-3-12(14)20/h1-9H,(H,22,25)(H,21,23,24). The van der Waals surface area contributed by atoms with Crippen molar-refractivity contribution in [2.75, 3.05) is 10.6 Å². The summed E-state index contributed by atoms with van der Waals surface area (Å²) in [5.74, 6) is -0.836. The topological polar surface area (TPSA) is 66.9 Å². The predicted molar refractivity (Wildman–Crippen MR) is 96.1 cm³/mol. The number of nitrogens with zero attached hydrogens (tertiary/aromatic N) is 2. The Kier molecular flexibility index (Phi) is 5.11. The normalized spacial score (nSPS) is 10.4. The van der Waals surface area contributed by atoms with Crippen molar-refractivity contribution in [2.24, 2.45) is 0 Å². The molecule has 1 aromatic heterocycles. The number of nitrogens with one attached hydrogen (secondary N) is 2. The molecule has 5 nitrogen and oxygen atoms in total. The molecule has 0 aliphatic heterocycles. The smallest absolute Gasteiger partial charge is 0.274 e. The zero-order chi connectivity index (χ0) is 17.8. The van der Waals surface area contributed by atoms with E-state index < -0.39 is 11.7 Å². The second-order valence-electron chi connectivity index (χ2n) is 4.95. The molecule has 2 aromatic carbocycles. The highest BCUT2D eigenvalue weighted by molar-refractivity contribution is 6.36. The van der Waals surface area contributed by atoms with Gasteiger partial charge in [0.1, 0.15) is 11.5 Å². The zero-order valence-corrected chi connectivity index (χ0v) is 14.1. The third-order valence-corrected chi connectivity index (χ3v) is 3.74. The van der Waals surface area contributed by atoms with Crippen LogP contribution < -0.4 is 10.6 Å². The number of carbonyl (C=O) groups excluding carboxylic acids is 1. The molecular weight excluding hydrogens is 366 g/mol. The van der Waals surface area contributed by atoms with Crippen molar-refractivity contribution in [1.82, 2.24) is 9.97 Å². The molecule has 0 unspecified atom stereocenters. The van der Waals surface area contributed by atoms with Crippen LogP contribution in [-0.2, 0) is 0 Å². The van der Waals surface area contributed by atoms with Crippen LogP contribution in [-0.4, -0.2) is 15.9 Å². The molecule has 8 heteroatoms. The molecule has 0 saturated heterocycles. The number of aromatic nitrogens is 2. The quantitative estimate of drug-likeness (QED) is 0.678. The summed E-state index contributed by atoms with van der Waals surface area (Å²) in [5.41, 5.74) is 0.707. The number of anilines is 3. The van der Waals surface area contributed by atoms with Crippen molar-refractivity contribution in [3.05, 3.63) is 76.3 Å². The maximum Gasteiger partial charge on any atom is 0.274 e. The Morgan fingerprint density at radius 1 is 1.04 bits per heavy atom. The van der Waals surface area contributed by atoms with E-state index in [4.69, 9.17) is 23.2 Å². The lowest BCUT2D eigenvalue weighted by atomic mass is 10.3. The molecule has 3 rings (SSSR count). The minimum absolute atomic E-state index is 0.0971. The summed E-state index contributed by atoms with van der Waals surface area (Å²) in [6, 6.07) is 12.2. The molecule has 0 radical (unpaired) electrons. The molecule has 0 bridgehead atoms. The number of para-hydroxylation sites is 1. The monoisotopic (exact) mass is 376 g/mol. The van der Waals surface area contributed by atoms with Crippen LogP contribution in [0.15, 0.2) is 54.7 Å². The summed E-state index contributed by atoms with van der Waals surface area (Å²) in [6.07, 6.45) is 1.40. The van der Waals surface area contributed by atoms with Crippen LogP contribution in [0.25, 0.3) is 0 Å². The third-order valence-electron chi connectivity index (χ3n) is 3.19. The highest BCUT2D eigenvalue weighted by Crippen LogP contribution is 2.25. The van der Waals surface area contributed by atoms with E-state index in [0.29, 0.717) is 15.7 Å². The van der Waals surface area contributed by atoms with Gasteiger partial charge in [0, 0.05) is 11.2 Å². The van der Waals surface area contributed by atoms with Gasteiger partial charge in [0.15, 0.2) is 0 Å². The number of hydrogen-bond donors (Lipinski definition) is 2. The molecule has 0 saturated carbocycles. The first-order chi connectivity index (χ1) is 12.0. The van der Waals surface area contributed by atoms with Crippen LogP contribution >= 0.6 is 23.2 Å². The largest absolute Gasteiger partial charge is 0.322 e. The number of benzene rings is 2. The van der Waals surface area contributed by atoms with Crippen molar-refractivity contribution in [3.63, 3.8) is 0 Å². The molecule has 0 aliphatic rings. The summed E-state index contributed by atoms with van der Waals surface area (Å²) >= 11 is 11.9. The first kappa shape index (κ1) is 17.1. The van der Waals surface area contributed by atoms with E-state index in [-0.39, 0.29) is 17.3 Å². The molecule has 25 heavy (non-hydrogen) atoms. The van der Waals surface area contributed by atoms with Crippen LogP contribution in [0.4, 0.5) is 21.7 Å². The van der Waals surface area contributed by atoms with Gasteiger partial charge in [-0.1, -0.05) is 35.3 Å². The first-order valence-corrected chi connectivity index (χ1v) is 7.89. The molecule has 126 valence electrons. The highest BCUT2D eigenvalue weighted by atomic mass is 35.5. The predicted octanol–water partition coefficient (Wildman–Crippen LogP) is 4.92. The molecule has 0 aliphatic carbocycles. The molecule has 3 aromatic rings. The van der Waals surface area contributed by atoms with Gasteiger partial charge >= 0.3 is 0 Å². The fourth-order valence-electron chi connectivity index (χ4n) is 2.01. The minimum Gasteiger partial charge on any atom is -0.322 e. The maximum absolute atomic E-state index is 13.7. The Balaban J connectivity index is 1.79. The molecule has 1 amide bonds. The second kappa shape index (κ2) is 7.46. The van der Waals surface area contributed by atoms with Gasteiger partial charge in [-0.3, -0.25) is 4.79 Å². The van der Waals surface area contributed by atoms with E-state index in [9.17, 15) is 9.18 Å². The van der Waals surface area contributed by atoms with Crippen molar-refractivity contribution < 1.29 is 9.18 Å². The van der Waals surface area contributed by atoms with E-state index >= 15 is 0 Å². The van der Waals surface area contributed by atoms with Gasteiger partial charge in [0.05, 0.1) is 16.4 Å². The number of amides is 1. The lowest BCUT2D eigenvalue weighted by Gasteiger charge is -2.09. The van der Waals surface area contributed by atoms with E-state index in [0.717, 1.165) is 0 Å². The van der Waals surface area contributed by atoms with E-state index in [1.807, 2.05) is 0 Å². The lowest BCUT2D eigenvalue weighted by molar-refractivity contribution is 0.102. The molecular formula is C17H11Cl2FN4O. The second-order valence-corrected chi connectivity index (χ2v) is 5.79. The minimum atomic E-state index is -0.483. The fourth-order valence-corrected chi connectivity index (χ4v) is 2.46. The first-order valence-electron chi connectivity index (χ1n) is 7.14. The summed E-state index contributed by atoms with van der Waals surface area (Å²) in [4.78, 5) is 20.4. The van der Waals surface area contributed by atoms with E-state index in [2.05, 4.69) is 20.6 Å². The Labute approximate surface area is 152 Å². The van der Waals surface area contributed by atoms with Gasteiger partial charge < -0.3 is 10.6 Å². The van der Waals surface area contributed by atoms with E-state index in [1.165, 1.54) is 24.4 Å². The van der Waals surface area contributed by atoms with Crippen molar-refractivity contribution >= 4 is 46.4 Å². The Bertz CT molecular complexity index is 936. The third kappa shape index (κ3) is 4.23. The highest BCUT2D eigenvalue weighted by Gasteiger charge is 2.12. The molecule has 1 heterocycles. The van der Waals surface area contributed by atoms with Crippen molar-refractivity contribution in [2.45, 2.75) is 0 Å². The van der Waals surface area contributed by atoms with Gasteiger partial charge in [-0.15, -0.1) is 0 Å². The molecule has 0 atom stereocenters. The van der Waals surface area contributed by atoms with Gasteiger partial charge in [0.2, 0.25) is 5.95 Å². The van der Waals surface area contributed by atoms with Crippen molar-refractivity contribution in [3.8, 4) is 0 Å². The van der Waals surface area contributed by atoms with Crippen LogP contribution in [0.1, 0.15) is 10.5 Å². The Morgan fingerprint density at radius 3 is 2.60 bits per heavy atom. The Morgan fingerprint density at radius 2 is 1.84 bits per heavy atom. The van der Waals surface area contributed by atoms with Gasteiger partial charge in [-0.25, -0.2) is 14.4 Å². The van der Waals surface area contributed by atoms with Crippen LogP contribution in [0, 0.1) is 5.82 Å². The van der Waals surface area contributed by atoms with Crippen LogP contribution in [0.3, 0.4) is 0 Å². The van der Waals surface area contributed by atoms with Crippen LogP contribution in [0.5, 0.6) is 0 Å². The summed E-state index contributed by atoms with van der Waals surface area (Å²) < 4.78 is 13.7. The van der Waals surface area contributed by atoms with Crippen LogP contribution in [0.2, 0.25) is 10.0 Å². The van der Waals surface area contributed by atoms with Crippen molar-refractivity contribution in [1.29, 1.82) is 0 Å². The van der Waals surface area contributed by atoms with Gasteiger partial charge in [0.25, 0.3) is 5.91 Å². The number of halogens is 3. The number of carbonyl (C=O) groups is 1. The fraction of sp³-hybridized carbons (Fsp3) is 0. The molecule has 0 spiro atoms. The van der Waals surface area contributed by atoms with Gasteiger partial charge in [-0.2, -0.15) is 0 Å². The summed E-state index contributed by atoms with van der Waals surface area (Å²) in [7, 11) is 0.